The Morgan fingerprint density at radius 3 is 1.48 bits per heavy atom. The lowest BCUT2D eigenvalue weighted by atomic mass is 9.85. The Labute approximate surface area is 176 Å². The average molecular weight is 395 g/mol. The minimum Gasteiger partial charge on any atom is -0.376 e. The van der Waals surface area contributed by atoms with Crippen LogP contribution < -0.4 is 0 Å². The maximum atomic E-state index is 12.2. The third kappa shape index (κ3) is 4.34. The molecule has 1 nitrogen and oxygen atoms in total. The second-order valence-electron chi connectivity index (χ2n) is 6.78. The molecule has 0 aromatic heterocycles. The van der Waals surface area contributed by atoms with Gasteiger partial charge in [-0.3, -0.25) is 0 Å². The molecule has 0 aliphatic rings. The van der Waals surface area contributed by atoms with Gasteiger partial charge in [0.15, 0.2) is 0 Å². The summed E-state index contributed by atoms with van der Waals surface area (Å²) >= 11 is 1.59. The summed E-state index contributed by atoms with van der Waals surface area (Å²) in [7, 11) is 0. The number of hydrogen-bond donors (Lipinski definition) is 1. The van der Waals surface area contributed by atoms with Gasteiger partial charge in [-0.2, -0.15) is 0 Å². The van der Waals surface area contributed by atoms with Gasteiger partial charge in [-0.25, -0.2) is 0 Å². The molecule has 4 rings (SSSR count). The fraction of sp³-hybridized carbons (Fsp3) is 0.0370. The fourth-order valence-corrected chi connectivity index (χ4v) is 4.46. The van der Waals surface area contributed by atoms with Crippen molar-refractivity contribution < 1.29 is 5.11 Å². The SMILES string of the molecule is OC(/C(=C\c1ccccc1)Sc1ccccc1)(c1ccccc1)c1ccccc1. The van der Waals surface area contributed by atoms with Crippen molar-refractivity contribution in [2.75, 3.05) is 0 Å². The first-order valence-electron chi connectivity index (χ1n) is 9.60. The van der Waals surface area contributed by atoms with Gasteiger partial charge < -0.3 is 5.11 Å². The number of hydrogen-bond acceptors (Lipinski definition) is 2. The average Bonchev–Trinajstić information content (AvgIpc) is 2.81. The molecule has 0 unspecified atom stereocenters. The van der Waals surface area contributed by atoms with E-state index in [9.17, 15) is 5.11 Å². The van der Waals surface area contributed by atoms with Gasteiger partial charge in [-0.1, -0.05) is 121 Å². The van der Waals surface area contributed by atoms with Gasteiger partial charge in [-0.15, -0.1) is 0 Å². The molecule has 0 saturated carbocycles. The van der Waals surface area contributed by atoms with Crippen molar-refractivity contribution in [1.82, 2.24) is 0 Å². The largest absolute Gasteiger partial charge is 0.376 e. The summed E-state index contributed by atoms with van der Waals surface area (Å²) in [5.74, 6) is 0. The van der Waals surface area contributed by atoms with Gasteiger partial charge in [0.25, 0.3) is 0 Å². The smallest absolute Gasteiger partial charge is 0.146 e. The predicted molar refractivity (Wildman–Crippen MR) is 123 cm³/mol. The van der Waals surface area contributed by atoms with Crippen LogP contribution in [0.2, 0.25) is 0 Å². The Hall–Kier alpha value is -3.07. The summed E-state index contributed by atoms with van der Waals surface area (Å²) in [6.07, 6.45) is 2.08. The third-order valence-corrected chi connectivity index (χ3v) is 5.95. The minimum atomic E-state index is -1.27. The maximum absolute atomic E-state index is 12.2. The molecule has 0 fully saturated rings. The van der Waals surface area contributed by atoms with Gasteiger partial charge in [-0.05, 0) is 34.9 Å². The van der Waals surface area contributed by atoms with Crippen molar-refractivity contribution in [3.05, 3.63) is 143 Å². The summed E-state index contributed by atoms with van der Waals surface area (Å²) in [6, 6.07) is 40.1. The molecule has 0 heterocycles. The van der Waals surface area contributed by atoms with Crippen molar-refractivity contribution >= 4 is 17.8 Å². The van der Waals surface area contributed by atoms with Gasteiger partial charge in [0.1, 0.15) is 5.60 Å². The summed E-state index contributed by atoms with van der Waals surface area (Å²) < 4.78 is 0. The molecule has 0 aliphatic carbocycles. The highest BCUT2D eigenvalue weighted by molar-refractivity contribution is 8.03. The summed E-state index contributed by atoms with van der Waals surface area (Å²) in [6.45, 7) is 0. The number of benzene rings is 4. The zero-order valence-electron chi connectivity index (χ0n) is 16.0. The normalized spacial score (nSPS) is 12.0. The van der Waals surface area contributed by atoms with Crippen LogP contribution in [-0.2, 0) is 5.60 Å². The maximum Gasteiger partial charge on any atom is 0.146 e. The molecule has 4 aromatic carbocycles. The van der Waals surface area contributed by atoms with Crippen molar-refractivity contribution in [2.45, 2.75) is 10.5 Å². The molecule has 2 heteroatoms. The first-order valence-corrected chi connectivity index (χ1v) is 10.4. The Balaban J connectivity index is 1.92. The standard InChI is InChI=1S/C27H22OS/c28-27(23-15-7-2-8-16-23,24-17-9-3-10-18-24)26(21-22-13-5-1-6-14-22)29-25-19-11-4-12-20-25/h1-21,28H/b26-21+. The molecule has 142 valence electrons. The first-order chi connectivity index (χ1) is 14.3. The number of thioether (sulfide) groups is 1. The van der Waals surface area contributed by atoms with Crippen LogP contribution in [0, 0.1) is 0 Å². The van der Waals surface area contributed by atoms with E-state index in [2.05, 4.69) is 30.3 Å². The predicted octanol–water partition coefficient (Wildman–Crippen LogP) is 6.76. The molecular weight excluding hydrogens is 372 g/mol. The van der Waals surface area contributed by atoms with Gasteiger partial charge in [0.2, 0.25) is 0 Å². The van der Waals surface area contributed by atoms with E-state index in [1.165, 1.54) is 0 Å². The topological polar surface area (TPSA) is 20.2 Å². The van der Waals surface area contributed by atoms with Crippen molar-refractivity contribution in [3.63, 3.8) is 0 Å². The highest BCUT2D eigenvalue weighted by Crippen LogP contribution is 2.45. The van der Waals surface area contributed by atoms with E-state index in [-0.39, 0.29) is 0 Å². The van der Waals surface area contributed by atoms with E-state index in [4.69, 9.17) is 0 Å². The van der Waals surface area contributed by atoms with E-state index in [0.717, 1.165) is 26.5 Å². The lowest BCUT2D eigenvalue weighted by Gasteiger charge is -2.32. The highest BCUT2D eigenvalue weighted by Gasteiger charge is 2.36. The van der Waals surface area contributed by atoms with E-state index in [0.29, 0.717) is 0 Å². The molecule has 0 radical (unpaired) electrons. The summed E-state index contributed by atoms with van der Waals surface area (Å²) in [5, 5.41) is 12.2. The molecule has 0 amide bonds. The molecule has 0 saturated heterocycles. The van der Waals surface area contributed by atoms with Crippen molar-refractivity contribution in [3.8, 4) is 0 Å². The van der Waals surface area contributed by atoms with Gasteiger partial charge >= 0.3 is 0 Å². The van der Waals surface area contributed by atoms with Gasteiger partial charge in [0.05, 0.1) is 0 Å². The number of aliphatic hydroxyl groups is 1. The van der Waals surface area contributed by atoms with Crippen LogP contribution in [0.1, 0.15) is 16.7 Å². The molecule has 0 bridgehead atoms. The van der Waals surface area contributed by atoms with E-state index in [1.807, 2.05) is 97.1 Å². The summed E-state index contributed by atoms with van der Waals surface area (Å²) in [4.78, 5) is 1.94. The van der Waals surface area contributed by atoms with Crippen LogP contribution in [0.4, 0.5) is 0 Å². The lowest BCUT2D eigenvalue weighted by molar-refractivity contribution is 0.131. The van der Waals surface area contributed by atoms with Crippen LogP contribution in [0.3, 0.4) is 0 Å². The molecule has 0 aliphatic heterocycles. The second kappa shape index (κ2) is 8.95. The Kier molecular flexibility index (Phi) is 5.95. The molecule has 1 N–H and O–H groups in total. The molecule has 4 aromatic rings. The molecule has 0 spiro atoms. The first kappa shape index (κ1) is 19.3. The molecule has 0 atom stereocenters. The number of rotatable bonds is 6. The molecule has 29 heavy (non-hydrogen) atoms. The zero-order valence-corrected chi connectivity index (χ0v) is 16.8. The Bertz CT molecular complexity index is 1020. The van der Waals surface area contributed by atoms with Crippen molar-refractivity contribution in [1.29, 1.82) is 0 Å². The zero-order chi connectivity index (χ0) is 19.9. The molecular formula is C27H22OS. The quantitative estimate of drug-likeness (QED) is 0.365. The van der Waals surface area contributed by atoms with Crippen LogP contribution in [0.5, 0.6) is 0 Å². The summed E-state index contributed by atoms with van der Waals surface area (Å²) in [5.41, 5.74) is 1.48. The Morgan fingerprint density at radius 1 is 0.586 bits per heavy atom. The van der Waals surface area contributed by atoms with Crippen molar-refractivity contribution in [2.24, 2.45) is 0 Å². The van der Waals surface area contributed by atoms with E-state index in [1.54, 1.807) is 11.8 Å². The van der Waals surface area contributed by atoms with Crippen LogP contribution >= 0.6 is 11.8 Å². The highest BCUT2D eigenvalue weighted by atomic mass is 32.2. The van der Waals surface area contributed by atoms with Crippen LogP contribution in [0.25, 0.3) is 6.08 Å². The van der Waals surface area contributed by atoms with Crippen LogP contribution in [0.15, 0.2) is 131 Å². The van der Waals surface area contributed by atoms with Gasteiger partial charge in [0, 0.05) is 9.80 Å². The van der Waals surface area contributed by atoms with E-state index < -0.39 is 5.60 Å². The third-order valence-electron chi connectivity index (χ3n) is 4.81. The monoisotopic (exact) mass is 394 g/mol. The second-order valence-corrected chi connectivity index (χ2v) is 7.89. The lowest BCUT2D eigenvalue weighted by Crippen LogP contribution is -2.28. The fourth-order valence-electron chi connectivity index (χ4n) is 3.33. The Morgan fingerprint density at radius 2 is 1.00 bits per heavy atom. The van der Waals surface area contributed by atoms with E-state index >= 15 is 0 Å². The van der Waals surface area contributed by atoms with Crippen LogP contribution in [-0.4, -0.2) is 5.11 Å². The minimum absolute atomic E-state index is 0.844.